The second-order valence-electron chi connectivity index (χ2n) is 17.2. The number of nitrogens with zero attached hydrogens (tertiary/aromatic N) is 10. The Morgan fingerprint density at radius 2 is 0.851 bits per heavy atom. The van der Waals surface area contributed by atoms with Gasteiger partial charge in [-0.1, -0.05) is 24.3 Å². The molecule has 4 aromatic heterocycles. The van der Waals surface area contributed by atoms with Crippen LogP contribution in [0.2, 0.25) is 0 Å². The van der Waals surface area contributed by atoms with Gasteiger partial charge in [-0.05, 0) is 61.5 Å². The smallest absolute Gasteiger partial charge is 0.317 e. The number of carboxylic acid groups (broad SMARTS) is 2. The van der Waals surface area contributed by atoms with Crippen molar-refractivity contribution >= 4 is 23.6 Å². The number of nitrogens with one attached hydrogen (secondary N) is 1. The van der Waals surface area contributed by atoms with E-state index < -0.39 is 11.9 Å². The summed E-state index contributed by atoms with van der Waals surface area (Å²) in [6.45, 7) is 9.17. The molecule has 4 aromatic rings. The summed E-state index contributed by atoms with van der Waals surface area (Å²) in [5.41, 5.74) is 4.08. The Labute approximate surface area is 396 Å². The average Bonchev–Trinajstić information content (AvgIpc) is 3.33. The van der Waals surface area contributed by atoms with E-state index in [4.69, 9.17) is 0 Å². The Hall–Kier alpha value is -5.56. The number of carboxylic acids is 2. The second-order valence-corrected chi connectivity index (χ2v) is 17.2. The molecule has 3 N–H and O–H groups in total. The lowest BCUT2D eigenvalue weighted by atomic mass is 10.1. The molecule has 1 fully saturated rings. The van der Waals surface area contributed by atoms with Crippen molar-refractivity contribution in [2.45, 2.75) is 44.9 Å². The number of carbonyl (C=O) groups is 4. The maximum atomic E-state index is 13.5. The highest BCUT2D eigenvalue weighted by atomic mass is 16.4. The minimum atomic E-state index is -0.932. The SMILES string of the molecule is O=C(O)CN1CCN(CCC(=O)NCCN(CCc2ccccn2)CCc2ccccn2)CCN(CC(=O)O)CCN(CC(=O)CCCN(CCc2ccccn2)CCc2ccccn2)CC1. The minimum Gasteiger partial charge on any atom is -0.480 e. The van der Waals surface area contributed by atoms with Crippen molar-refractivity contribution < 1.29 is 29.4 Å². The molecule has 0 aromatic carbocycles. The number of hydrogen-bond acceptors (Lipinski definition) is 14. The van der Waals surface area contributed by atoms with Crippen LogP contribution in [0.5, 0.6) is 0 Å². The van der Waals surface area contributed by atoms with Gasteiger partial charge < -0.3 is 30.2 Å². The number of pyridine rings is 4. The first-order chi connectivity index (χ1) is 32.7. The van der Waals surface area contributed by atoms with Gasteiger partial charge in [0.15, 0.2) is 0 Å². The van der Waals surface area contributed by atoms with E-state index in [0.717, 1.165) is 81.2 Å². The molecule has 1 aliphatic heterocycles. The molecule has 0 spiro atoms. The maximum Gasteiger partial charge on any atom is 0.317 e. The predicted molar refractivity (Wildman–Crippen MR) is 258 cm³/mol. The zero-order chi connectivity index (χ0) is 47.3. The fourth-order valence-corrected chi connectivity index (χ4v) is 8.13. The Morgan fingerprint density at radius 3 is 1.22 bits per heavy atom. The average molecular weight is 922 g/mol. The molecule has 5 heterocycles. The lowest BCUT2D eigenvalue weighted by Gasteiger charge is -2.33. The molecule has 67 heavy (non-hydrogen) atoms. The highest BCUT2D eigenvalue weighted by molar-refractivity contribution is 5.80. The van der Waals surface area contributed by atoms with Crippen LogP contribution in [0.3, 0.4) is 0 Å². The Kier molecular flexibility index (Phi) is 24.0. The van der Waals surface area contributed by atoms with Gasteiger partial charge in [-0.2, -0.15) is 0 Å². The third-order valence-electron chi connectivity index (χ3n) is 12.0. The van der Waals surface area contributed by atoms with Crippen LogP contribution < -0.4 is 5.32 Å². The Morgan fingerprint density at radius 1 is 0.478 bits per heavy atom. The van der Waals surface area contributed by atoms with Crippen LogP contribution in [-0.2, 0) is 44.9 Å². The fourth-order valence-electron chi connectivity index (χ4n) is 8.13. The van der Waals surface area contributed by atoms with Crippen molar-refractivity contribution in [2.75, 3.05) is 124 Å². The molecule has 0 aliphatic carbocycles. The van der Waals surface area contributed by atoms with E-state index in [-0.39, 0.29) is 37.7 Å². The molecule has 17 nitrogen and oxygen atoms in total. The predicted octanol–water partition coefficient (Wildman–Crippen LogP) is 2.39. The van der Waals surface area contributed by atoms with E-state index >= 15 is 0 Å². The molecule has 0 radical (unpaired) electrons. The first-order valence-electron chi connectivity index (χ1n) is 23.8. The van der Waals surface area contributed by atoms with Gasteiger partial charge in [0.2, 0.25) is 5.91 Å². The van der Waals surface area contributed by atoms with Crippen LogP contribution >= 0.6 is 0 Å². The van der Waals surface area contributed by atoms with Crippen LogP contribution in [0.4, 0.5) is 0 Å². The van der Waals surface area contributed by atoms with Gasteiger partial charge in [-0.25, -0.2) is 0 Å². The summed E-state index contributed by atoms with van der Waals surface area (Å²) in [6, 6.07) is 23.7. The van der Waals surface area contributed by atoms with Gasteiger partial charge >= 0.3 is 11.9 Å². The second kappa shape index (κ2) is 30.7. The lowest BCUT2D eigenvalue weighted by Crippen LogP contribution is -2.48. The standard InChI is InChI=1S/C50H71N11O6/c62-47(14-9-25-56(26-15-43-10-1-5-20-51-43)27-16-44-11-2-6-21-52-44)40-59-36-38-60(41-49(64)65)34-32-58(33-35-61(39-37-59)42-50(66)67)30-19-48(63)55-24-31-57(28-17-45-12-3-7-22-53-45)29-18-46-13-4-8-23-54-46/h1-8,10-13,20-23H,9,14-19,24-42H2,(H,55,63)(H,64,65)(H,66,67). The normalized spacial score (nSPS) is 15.0. The summed E-state index contributed by atoms with van der Waals surface area (Å²) in [4.78, 5) is 81.2. The van der Waals surface area contributed by atoms with E-state index in [0.29, 0.717) is 84.8 Å². The third-order valence-corrected chi connectivity index (χ3v) is 12.0. The number of carbonyl (C=O) groups excluding carboxylic acids is 2. The van der Waals surface area contributed by atoms with Gasteiger partial charge in [-0.15, -0.1) is 0 Å². The third kappa shape index (κ3) is 22.7. The van der Waals surface area contributed by atoms with E-state index in [1.165, 1.54) is 0 Å². The van der Waals surface area contributed by atoms with Gasteiger partial charge in [-0.3, -0.25) is 53.8 Å². The lowest BCUT2D eigenvalue weighted by molar-refractivity contribution is -0.139. The number of aliphatic carboxylic acids is 2. The molecular formula is C50H71N11O6. The summed E-state index contributed by atoms with van der Waals surface area (Å²) in [6.07, 6.45) is 11.8. The van der Waals surface area contributed by atoms with Crippen molar-refractivity contribution in [2.24, 2.45) is 0 Å². The molecule has 0 bridgehead atoms. The van der Waals surface area contributed by atoms with Gasteiger partial charge in [0, 0.05) is 184 Å². The number of rotatable bonds is 28. The molecule has 362 valence electrons. The molecule has 0 unspecified atom stereocenters. The summed E-state index contributed by atoms with van der Waals surface area (Å²) >= 11 is 0. The summed E-state index contributed by atoms with van der Waals surface area (Å²) < 4.78 is 0. The first kappa shape index (κ1) is 52.4. The zero-order valence-corrected chi connectivity index (χ0v) is 39.1. The summed E-state index contributed by atoms with van der Waals surface area (Å²) in [7, 11) is 0. The van der Waals surface area contributed by atoms with E-state index in [2.05, 4.69) is 40.0 Å². The van der Waals surface area contributed by atoms with Crippen molar-refractivity contribution in [1.29, 1.82) is 0 Å². The van der Waals surface area contributed by atoms with Crippen molar-refractivity contribution in [3.05, 3.63) is 120 Å². The van der Waals surface area contributed by atoms with E-state index in [1.807, 2.05) is 87.5 Å². The number of ketones is 1. The number of amides is 1. The molecule has 1 saturated heterocycles. The van der Waals surface area contributed by atoms with Gasteiger partial charge in [0.05, 0.1) is 19.6 Å². The zero-order valence-electron chi connectivity index (χ0n) is 39.1. The Bertz CT molecular complexity index is 1890. The van der Waals surface area contributed by atoms with Gasteiger partial charge in [0.25, 0.3) is 0 Å². The minimum absolute atomic E-state index is 0.0766. The summed E-state index contributed by atoms with van der Waals surface area (Å²) in [5.74, 6) is -1.84. The maximum absolute atomic E-state index is 13.5. The van der Waals surface area contributed by atoms with Crippen LogP contribution in [0.15, 0.2) is 97.6 Å². The number of Topliss-reactive ketones (excluding diaryl/α,β-unsaturated/α-hetero) is 1. The topological polar surface area (TPSA) is 192 Å². The fraction of sp³-hybridized carbons (Fsp3) is 0.520. The van der Waals surface area contributed by atoms with E-state index in [1.54, 1.807) is 24.8 Å². The highest BCUT2D eigenvalue weighted by Gasteiger charge is 2.21. The summed E-state index contributed by atoms with van der Waals surface area (Å²) in [5, 5.41) is 22.7. The molecule has 0 atom stereocenters. The molecule has 0 saturated carbocycles. The largest absolute Gasteiger partial charge is 0.480 e. The van der Waals surface area contributed by atoms with Crippen LogP contribution in [0, 0.1) is 0 Å². The molecule has 5 rings (SSSR count). The van der Waals surface area contributed by atoms with Crippen molar-refractivity contribution in [3.8, 4) is 0 Å². The molecule has 1 amide bonds. The molecule has 17 heteroatoms. The van der Waals surface area contributed by atoms with E-state index in [9.17, 15) is 29.4 Å². The monoisotopic (exact) mass is 922 g/mol. The van der Waals surface area contributed by atoms with Crippen molar-refractivity contribution in [1.82, 2.24) is 54.7 Å². The van der Waals surface area contributed by atoms with Crippen LogP contribution in [-0.4, -0.2) is 208 Å². The molecular weight excluding hydrogens is 851 g/mol. The molecule has 1 aliphatic rings. The number of aromatic nitrogens is 4. The van der Waals surface area contributed by atoms with Crippen molar-refractivity contribution in [3.63, 3.8) is 0 Å². The Balaban J connectivity index is 1.11. The van der Waals surface area contributed by atoms with Gasteiger partial charge in [0.1, 0.15) is 5.78 Å². The van der Waals surface area contributed by atoms with Crippen LogP contribution in [0.25, 0.3) is 0 Å². The van der Waals surface area contributed by atoms with Crippen LogP contribution in [0.1, 0.15) is 42.0 Å². The quantitative estimate of drug-likeness (QED) is 0.0752. The highest BCUT2D eigenvalue weighted by Crippen LogP contribution is 2.08. The number of hydrogen-bond donors (Lipinski definition) is 3. The first-order valence-corrected chi connectivity index (χ1v) is 23.8.